The van der Waals surface area contributed by atoms with E-state index in [9.17, 15) is 9.50 Å². The summed E-state index contributed by atoms with van der Waals surface area (Å²) >= 11 is 0. The molecule has 0 aliphatic rings. The second-order valence-electron chi connectivity index (χ2n) is 3.85. The van der Waals surface area contributed by atoms with Crippen molar-refractivity contribution >= 4 is 0 Å². The van der Waals surface area contributed by atoms with Gasteiger partial charge in [0.15, 0.2) is 0 Å². The average molecular weight is 220 g/mol. The maximum absolute atomic E-state index is 13.7. The molecule has 1 aromatic carbocycles. The molecule has 0 unspecified atom stereocenters. The minimum atomic E-state index is -0.664. The molecular formula is C12H13FN2O. The van der Waals surface area contributed by atoms with E-state index in [-0.39, 0.29) is 5.82 Å². The molecule has 0 bridgehead atoms. The molecule has 0 fully saturated rings. The highest BCUT2D eigenvalue weighted by Gasteiger charge is 2.08. The molecule has 84 valence electrons. The molecule has 2 aromatic rings. The topological polar surface area (TPSA) is 38.0 Å². The van der Waals surface area contributed by atoms with E-state index >= 15 is 0 Å². The normalized spacial score (nSPS) is 12.8. The fourth-order valence-electron chi connectivity index (χ4n) is 1.51. The number of halogens is 1. The molecule has 2 rings (SSSR count). The van der Waals surface area contributed by atoms with E-state index < -0.39 is 6.10 Å². The van der Waals surface area contributed by atoms with Crippen LogP contribution in [0.3, 0.4) is 0 Å². The molecule has 0 spiro atoms. The molecule has 0 saturated carbocycles. The summed E-state index contributed by atoms with van der Waals surface area (Å²) in [5.41, 5.74) is 1.92. The van der Waals surface area contributed by atoms with Crippen molar-refractivity contribution in [2.75, 3.05) is 0 Å². The third kappa shape index (κ3) is 1.97. The van der Waals surface area contributed by atoms with Crippen molar-refractivity contribution in [1.29, 1.82) is 0 Å². The van der Waals surface area contributed by atoms with Crippen LogP contribution in [0.4, 0.5) is 4.39 Å². The van der Waals surface area contributed by atoms with Gasteiger partial charge >= 0.3 is 0 Å². The molecule has 1 aromatic heterocycles. The summed E-state index contributed by atoms with van der Waals surface area (Å²) < 4.78 is 15.2. The first kappa shape index (κ1) is 10.8. The molecule has 4 heteroatoms. The monoisotopic (exact) mass is 220 g/mol. The molecule has 16 heavy (non-hydrogen) atoms. The zero-order chi connectivity index (χ0) is 11.7. The Labute approximate surface area is 93.2 Å². The molecule has 0 amide bonds. The third-order valence-electron chi connectivity index (χ3n) is 2.41. The number of nitrogens with zero attached hydrogens (tertiary/aromatic N) is 2. The number of aromatic nitrogens is 2. The van der Waals surface area contributed by atoms with Crippen molar-refractivity contribution in [3.63, 3.8) is 0 Å². The van der Waals surface area contributed by atoms with Crippen molar-refractivity contribution in [2.45, 2.75) is 20.0 Å². The largest absolute Gasteiger partial charge is 0.389 e. The van der Waals surface area contributed by atoms with Crippen LogP contribution in [0.15, 0.2) is 30.6 Å². The second-order valence-corrected chi connectivity index (χ2v) is 3.85. The van der Waals surface area contributed by atoms with Crippen LogP contribution in [-0.4, -0.2) is 14.9 Å². The van der Waals surface area contributed by atoms with Crippen LogP contribution >= 0.6 is 0 Å². The third-order valence-corrected chi connectivity index (χ3v) is 2.41. The summed E-state index contributed by atoms with van der Waals surface area (Å²) in [7, 11) is 0. The molecule has 1 atom stereocenters. The lowest BCUT2D eigenvalue weighted by Crippen LogP contribution is -2.00. The van der Waals surface area contributed by atoms with Gasteiger partial charge in [0.1, 0.15) is 11.5 Å². The molecule has 1 N–H and O–H groups in total. The van der Waals surface area contributed by atoms with Gasteiger partial charge in [0.2, 0.25) is 0 Å². The predicted octanol–water partition coefficient (Wildman–Crippen LogP) is 2.37. The van der Waals surface area contributed by atoms with E-state index in [1.54, 1.807) is 31.5 Å². The van der Waals surface area contributed by atoms with Crippen LogP contribution in [0.1, 0.15) is 24.2 Å². The highest BCUT2D eigenvalue weighted by molar-refractivity contribution is 5.36. The van der Waals surface area contributed by atoms with E-state index in [2.05, 4.69) is 5.10 Å². The van der Waals surface area contributed by atoms with Gasteiger partial charge in [-0.1, -0.05) is 6.07 Å². The van der Waals surface area contributed by atoms with Crippen LogP contribution in [-0.2, 0) is 0 Å². The maximum atomic E-state index is 13.7. The summed E-state index contributed by atoms with van der Waals surface area (Å²) in [6.07, 6.45) is 2.76. The van der Waals surface area contributed by atoms with Gasteiger partial charge in [-0.25, -0.2) is 9.07 Å². The van der Waals surface area contributed by atoms with Crippen molar-refractivity contribution in [2.24, 2.45) is 0 Å². The summed E-state index contributed by atoms with van der Waals surface area (Å²) in [6, 6.07) is 4.64. The summed E-state index contributed by atoms with van der Waals surface area (Å²) in [5, 5.41) is 13.4. The summed E-state index contributed by atoms with van der Waals surface area (Å²) in [4.78, 5) is 0. The van der Waals surface area contributed by atoms with E-state index in [0.29, 0.717) is 11.3 Å². The van der Waals surface area contributed by atoms with Gasteiger partial charge in [-0.3, -0.25) is 0 Å². The van der Waals surface area contributed by atoms with Crippen molar-refractivity contribution in [3.8, 4) is 5.69 Å². The van der Waals surface area contributed by atoms with E-state index in [0.717, 1.165) is 5.56 Å². The fourth-order valence-corrected chi connectivity index (χ4v) is 1.51. The zero-order valence-electron chi connectivity index (χ0n) is 9.18. The lowest BCUT2D eigenvalue weighted by molar-refractivity contribution is 0.199. The van der Waals surface area contributed by atoms with Crippen molar-refractivity contribution < 1.29 is 9.50 Å². The first-order valence-corrected chi connectivity index (χ1v) is 5.07. The first-order chi connectivity index (χ1) is 7.58. The van der Waals surface area contributed by atoms with Gasteiger partial charge in [-0.05, 0) is 37.1 Å². The smallest absolute Gasteiger partial charge is 0.149 e. The molecule has 3 nitrogen and oxygen atoms in total. The van der Waals surface area contributed by atoms with Gasteiger partial charge < -0.3 is 5.11 Å². The van der Waals surface area contributed by atoms with E-state index in [1.165, 1.54) is 10.7 Å². The Morgan fingerprint density at radius 1 is 1.44 bits per heavy atom. The molecule has 0 aliphatic carbocycles. The SMILES string of the molecule is Cc1cnn(-c2ccc([C@H](C)O)cc2F)c1. The van der Waals surface area contributed by atoms with Crippen LogP contribution in [0.25, 0.3) is 5.69 Å². The van der Waals surface area contributed by atoms with Crippen LogP contribution in [0.5, 0.6) is 0 Å². The van der Waals surface area contributed by atoms with E-state index in [4.69, 9.17) is 0 Å². The van der Waals surface area contributed by atoms with Crippen molar-refractivity contribution in [1.82, 2.24) is 9.78 Å². The number of aliphatic hydroxyl groups excluding tert-OH is 1. The molecule has 0 saturated heterocycles. The fraction of sp³-hybridized carbons (Fsp3) is 0.250. The number of rotatable bonds is 2. The molecule has 0 aliphatic heterocycles. The highest BCUT2D eigenvalue weighted by atomic mass is 19.1. The Morgan fingerprint density at radius 2 is 2.19 bits per heavy atom. The van der Waals surface area contributed by atoms with Gasteiger partial charge in [-0.2, -0.15) is 5.10 Å². The average Bonchev–Trinajstić information content (AvgIpc) is 2.64. The lowest BCUT2D eigenvalue weighted by Gasteiger charge is -2.08. The minimum absolute atomic E-state index is 0.387. The minimum Gasteiger partial charge on any atom is -0.389 e. The number of hydrogen-bond donors (Lipinski definition) is 1. The molecule has 1 heterocycles. The Bertz CT molecular complexity index is 505. The van der Waals surface area contributed by atoms with Crippen LogP contribution in [0.2, 0.25) is 0 Å². The number of benzene rings is 1. The highest BCUT2D eigenvalue weighted by Crippen LogP contribution is 2.19. The number of hydrogen-bond acceptors (Lipinski definition) is 2. The Balaban J connectivity index is 2.44. The van der Waals surface area contributed by atoms with Gasteiger partial charge in [0, 0.05) is 6.20 Å². The lowest BCUT2D eigenvalue weighted by atomic mass is 10.1. The summed E-state index contributed by atoms with van der Waals surface area (Å²) in [5.74, 6) is -0.387. The Kier molecular flexibility index (Phi) is 2.75. The molecule has 0 radical (unpaired) electrons. The molecular weight excluding hydrogens is 207 g/mol. The quantitative estimate of drug-likeness (QED) is 0.843. The van der Waals surface area contributed by atoms with Gasteiger partial charge in [0.25, 0.3) is 0 Å². The van der Waals surface area contributed by atoms with Crippen LogP contribution in [0, 0.1) is 12.7 Å². The zero-order valence-corrected chi connectivity index (χ0v) is 9.18. The standard InChI is InChI=1S/C12H13FN2O/c1-8-6-14-15(7-8)12-4-3-10(9(2)16)5-11(12)13/h3-7,9,16H,1-2H3/t9-/m0/s1. The second kappa shape index (κ2) is 4.06. The number of aryl methyl sites for hydroxylation is 1. The number of aliphatic hydroxyl groups is 1. The van der Waals surface area contributed by atoms with E-state index in [1.807, 2.05) is 6.92 Å². The van der Waals surface area contributed by atoms with Gasteiger partial charge in [0.05, 0.1) is 12.3 Å². The van der Waals surface area contributed by atoms with Crippen molar-refractivity contribution in [3.05, 3.63) is 47.5 Å². The first-order valence-electron chi connectivity index (χ1n) is 5.07. The summed E-state index contributed by atoms with van der Waals surface area (Å²) in [6.45, 7) is 3.50. The van der Waals surface area contributed by atoms with Gasteiger partial charge in [-0.15, -0.1) is 0 Å². The predicted molar refractivity (Wildman–Crippen MR) is 58.9 cm³/mol. The Morgan fingerprint density at radius 3 is 2.69 bits per heavy atom. The maximum Gasteiger partial charge on any atom is 0.149 e. The van der Waals surface area contributed by atoms with Crippen LogP contribution < -0.4 is 0 Å². The Hall–Kier alpha value is -1.68.